The van der Waals surface area contributed by atoms with Crippen LogP contribution in [-0.4, -0.2) is 31.7 Å². The molecule has 2 aromatic heterocycles. The first-order valence-corrected chi connectivity index (χ1v) is 6.82. The van der Waals surface area contributed by atoms with Crippen LogP contribution in [0.15, 0.2) is 41.1 Å². The molecule has 3 aromatic rings. The molecule has 0 saturated carbocycles. The van der Waals surface area contributed by atoms with E-state index in [9.17, 15) is 0 Å². The third kappa shape index (κ3) is 3.32. The number of rotatable bonds is 6. The summed E-state index contributed by atoms with van der Waals surface area (Å²) in [6.45, 7) is 1.12. The lowest BCUT2D eigenvalue weighted by Crippen LogP contribution is -2.10. The molecule has 0 unspecified atom stereocenters. The van der Waals surface area contributed by atoms with E-state index in [4.69, 9.17) is 10.3 Å². The van der Waals surface area contributed by atoms with E-state index in [0.717, 1.165) is 12.8 Å². The summed E-state index contributed by atoms with van der Waals surface area (Å²) in [5.74, 6) is 1.06. The molecule has 0 atom stereocenters. The van der Waals surface area contributed by atoms with Crippen molar-refractivity contribution in [2.75, 3.05) is 6.54 Å². The van der Waals surface area contributed by atoms with Crippen LogP contribution in [0.4, 0.5) is 0 Å². The summed E-state index contributed by atoms with van der Waals surface area (Å²) in [5.41, 5.74) is 7.29. The van der Waals surface area contributed by atoms with Crippen LogP contribution in [0.25, 0.3) is 11.6 Å². The molecule has 3 rings (SSSR count). The highest BCUT2D eigenvalue weighted by Crippen LogP contribution is 2.14. The number of aryl methyl sites for hydroxylation is 2. The summed E-state index contributed by atoms with van der Waals surface area (Å²) in [4.78, 5) is 4.34. The Bertz CT molecular complexity index is 690. The molecule has 0 aliphatic carbocycles. The van der Waals surface area contributed by atoms with Gasteiger partial charge in [0.15, 0.2) is 11.5 Å². The monoisotopic (exact) mass is 284 g/mol. The summed E-state index contributed by atoms with van der Waals surface area (Å²) in [6, 6.07) is 10.2. The van der Waals surface area contributed by atoms with Crippen LogP contribution in [0.2, 0.25) is 0 Å². The molecule has 21 heavy (non-hydrogen) atoms. The van der Waals surface area contributed by atoms with Gasteiger partial charge in [-0.3, -0.25) is 4.68 Å². The average molecular weight is 284 g/mol. The first kappa shape index (κ1) is 13.4. The lowest BCUT2D eigenvalue weighted by molar-refractivity contribution is 0.421. The Morgan fingerprint density at radius 2 is 2.00 bits per heavy atom. The van der Waals surface area contributed by atoms with Crippen molar-refractivity contribution in [3.63, 3.8) is 0 Å². The quantitative estimate of drug-likeness (QED) is 0.727. The van der Waals surface area contributed by atoms with Crippen molar-refractivity contribution in [2.45, 2.75) is 19.4 Å². The zero-order valence-electron chi connectivity index (χ0n) is 11.5. The smallest absolute Gasteiger partial charge is 0.280 e. The van der Waals surface area contributed by atoms with Crippen LogP contribution in [0.3, 0.4) is 0 Å². The second kappa shape index (κ2) is 6.27. The van der Waals surface area contributed by atoms with Crippen LogP contribution >= 0.6 is 0 Å². The predicted molar refractivity (Wildman–Crippen MR) is 76.2 cm³/mol. The largest absolute Gasteiger partial charge is 0.332 e. The van der Waals surface area contributed by atoms with Crippen molar-refractivity contribution in [3.05, 3.63) is 47.9 Å². The van der Waals surface area contributed by atoms with Crippen molar-refractivity contribution in [2.24, 2.45) is 5.73 Å². The van der Waals surface area contributed by atoms with Gasteiger partial charge in [-0.1, -0.05) is 40.7 Å². The van der Waals surface area contributed by atoms with Crippen molar-refractivity contribution < 1.29 is 4.52 Å². The zero-order valence-corrected chi connectivity index (χ0v) is 11.5. The second-order valence-corrected chi connectivity index (χ2v) is 4.66. The van der Waals surface area contributed by atoms with E-state index in [1.807, 2.05) is 18.2 Å². The van der Waals surface area contributed by atoms with Gasteiger partial charge in [0.2, 0.25) is 0 Å². The fourth-order valence-corrected chi connectivity index (χ4v) is 2.00. The van der Waals surface area contributed by atoms with Crippen molar-refractivity contribution in [1.82, 2.24) is 25.1 Å². The number of benzene rings is 1. The molecule has 7 nitrogen and oxygen atoms in total. The topological polar surface area (TPSA) is 95.7 Å². The summed E-state index contributed by atoms with van der Waals surface area (Å²) in [6.07, 6.45) is 3.35. The Hall–Kier alpha value is -2.54. The second-order valence-electron chi connectivity index (χ2n) is 4.66. The van der Waals surface area contributed by atoms with Gasteiger partial charge in [-0.15, -0.1) is 5.10 Å². The molecule has 108 valence electrons. The van der Waals surface area contributed by atoms with Gasteiger partial charge in [-0.05, 0) is 12.0 Å². The molecule has 0 aliphatic rings. The van der Waals surface area contributed by atoms with Crippen LogP contribution in [0.5, 0.6) is 0 Å². The van der Waals surface area contributed by atoms with Crippen molar-refractivity contribution in [1.29, 1.82) is 0 Å². The van der Waals surface area contributed by atoms with Crippen LogP contribution in [-0.2, 0) is 19.4 Å². The van der Waals surface area contributed by atoms with Crippen LogP contribution in [0, 0.1) is 0 Å². The Kier molecular flexibility index (Phi) is 4.02. The Balaban J connectivity index is 1.65. The number of aromatic nitrogens is 5. The average Bonchev–Trinajstić information content (AvgIpc) is 3.15. The lowest BCUT2D eigenvalue weighted by Gasteiger charge is -1.96. The standard InChI is InChI=1S/C14H16N6O/c15-8-9-20-10-12(17-19-20)14-16-13(18-21-14)7-6-11-4-2-1-3-5-11/h1-5,10H,6-9,15H2. The Morgan fingerprint density at radius 1 is 1.14 bits per heavy atom. The molecule has 2 N–H and O–H groups in total. The molecule has 0 fully saturated rings. The molecular weight excluding hydrogens is 268 g/mol. The highest BCUT2D eigenvalue weighted by molar-refractivity contribution is 5.43. The van der Waals surface area contributed by atoms with Crippen LogP contribution < -0.4 is 5.73 Å². The van der Waals surface area contributed by atoms with Gasteiger partial charge < -0.3 is 10.3 Å². The molecule has 0 aliphatic heterocycles. The molecule has 0 bridgehead atoms. The first-order valence-electron chi connectivity index (χ1n) is 6.82. The van der Waals surface area contributed by atoms with Gasteiger partial charge in [-0.25, -0.2) is 0 Å². The third-order valence-electron chi connectivity index (χ3n) is 3.06. The van der Waals surface area contributed by atoms with Crippen molar-refractivity contribution in [3.8, 4) is 11.6 Å². The van der Waals surface area contributed by atoms with E-state index >= 15 is 0 Å². The highest BCUT2D eigenvalue weighted by Gasteiger charge is 2.12. The maximum atomic E-state index is 5.47. The number of nitrogens with two attached hydrogens (primary N) is 1. The lowest BCUT2D eigenvalue weighted by atomic mass is 10.1. The minimum Gasteiger partial charge on any atom is -0.332 e. The number of hydrogen-bond acceptors (Lipinski definition) is 6. The molecule has 0 spiro atoms. The molecule has 0 saturated heterocycles. The van der Waals surface area contributed by atoms with E-state index in [0.29, 0.717) is 30.5 Å². The summed E-state index contributed by atoms with van der Waals surface area (Å²) in [5, 5.41) is 11.9. The third-order valence-corrected chi connectivity index (χ3v) is 3.06. The summed E-state index contributed by atoms with van der Waals surface area (Å²) in [7, 11) is 0. The molecular formula is C14H16N6O. The fraction of sp³-hybridized carbons (Fsp3) is 0.286. The Morgan fingerprint density at radius 3 is 2.81 bits per heavy atom. The molecule has 2 heterocycles. The fourth-order valence-electron chi connectivity index (χ4n) is 2.00. The minimum atomic E-state index is 0.390. The zero-order chi connectivity index (χ0) is 14.5. The van der Waals surface area contributed by atoms with E-state index in [1.165, 1.54) is 5.56 Å². The molecule has 1 aromatic carbocycles. The van der Waals surface area contributed by atoms with E-state index in [1.54, 1.807) is 10.9 Å². The van der Waals surface area contributed by atoms with Gasteiger partial charge in [0.1, 0.15) is 0 Å². The Labute approximate surface area is 121 Å². The van der Waals surface area contributed by atoms with Gasteiger partial charge in [0.05, 0.1) is 12.7 Å². The van der Waals surface area contributed by atoms with E-state index < -0.39 is 0 Å². The molecule has 0 amide bonds. The maximum Gasteiger partial charge on any atom is 0.280 e. The van der Waals surface area contributed by atoms with E-state index in [2.05, 4.69) is 32.6 Å². The van der Waals surface area contributed by atoms with Gasteiger partial charge in [-0.2, -0.15) is 4.98 Å². The van der Waals surface area contributed by atoms with Gasteiger partial charge >= 0.3 is 0 Å². The SMILES string of the molecule is NCCn1cc(-c2nc(CCc3ccccc3)no2)nn1. The number of hydrogen-bond donors (Lipinski definition) is 1. The van der Waals surface area contributed by atoms with Crippen LogP contribution in [0.1, 0.15) is 11.4 Å². The maximum absolute atomic E-state index is 5.47. The summed E-state index contributed by atoms with van der Waals surface area (Å²) >= 11 is 0. The highest BCUT2D eigenvalue weighted by atomic mass is 16.5. The minimum absolute atomic E-state index is 0.390. The summed E-state index contributed by atoms with van der Waals surface area (Å²) < 4.78 is 6.88. The first-order chi connectivity index (χ1) is 10.3. The van der Waals surface area contributed by atoms with Gasteiger partial charge in [0.25, 0.3) is 5.89 Å². The van der Waals surface area contributed by atoms with E-state index in [-0.39, 0.29) is 0 Å². The molecule has 7 heteroatoms. The molecule has 0 radical (unpaired) electrons. The van der Waals surface area contributed by atoms with Gasteiger partial charge in [0, 0.05) is 13.0 Å². The predicted octanol–water partition coefficient (Wildman–Crippen LogP) is 1.07. The number of nitrogens with zero attached hydrogens (tertiary/aromatic N) is 5. The normalized spacial score (nSPS) is 10.9. The van der Waals surface area contributed by atoms with Crippen molar-refractivity contribution >= 4 is 0 Å².